The van der Waals surface area contributed by atoms with Crippen molar-refractivity contribution < 1.29 is 9.90 Å². The third kappa shape index (κ3) is 3.42. The number of carbonyl (C=O) groups is 1. The maximum absolute atomic E-state index is 11.0. The molecule has 20 heavy (non-hydrogen) atoms. The van der Waals surface area contributed by atoms with Gasteiger partial charge in [0.25, 0.3) is 0 Å². The van der Waals surface area contributed by atoms with Crippen molar-refractivity contribution in [3.05, 3.63) is 58.6 Å². The smallest absolute Gasteiger partial charge is 0.221 e. The summed E-state index contributed by atoms with van der Waals surface area (Å²) in [7, 11) is 0. The third-order valence-corrected chi connectivity index (χ3v) is 3.23. The summed E-state index contributed by atoms with van der Waals surface area (Å²) in [4.78, 5) is 11.0. The van der Waals surface area contributed by atoms with Crippen molar-refractivity contribution in [2.45, 2.75) is 13.0 Å². The number of nitrogens with two attached hydrogens (primary N) is 1. The van der Waals surface area contributed by atoms with E-state index in [2.05, 4.69) is 5.32 Å². The molecule has 0 atom stereocenters. The lowest BCUT2D eigenvalue weighted by Gasteiger charge is -2.12. The Labute approximate surface area is 122 Å². The van der Waals surface area contributed by atoms with E-state index in [-0.39, 0.29) is 18.1 Å². The van der Waals surface area contributed by atoms with Gasteiger partial charge >= 0.3 is 0 Å². The van der Waals surface area contributed by atoms with Crippen LogP contribution < -0.4 is 11.1 Å². The van der Waals surface area contributed by atoms with Gasteiger partial charge in [0, 0.05) is 17.8 Å². The zero-order valence-corrected chi connectivity index (χ0v) is 11.5. The van der Waals surface area contributed by atoms with Gasteiger partial charge in [0.2, 0.25) is 5.91 Å². The fraction of sp³-hybridized carbons (Fsp3) is 0.133. The Morgan fingerprint density at radius 2 is 1.85 bits per heavy atom. The SMILES string of the molecule is NC(=O)Cc1ccccc1NCc1cccc(Cl)c1O. The normalized spacial score (nSPS) is 10.2. The molecule has 0 saturated heterocycles. The number of para-hydroxylation sites is 2. The van der Waals surface area contributed by atoms with Gasteiger partial charge in [-0.2, -0.15) is 0 Å². The second-order valence-electron chi connectivity index (χ2n) is 4.40. The van der Waals surface area contributed by atoms with E-state index in [0.717, 1.165) is 11.3 Å². The number of nitrogens with one attached hydrogen (secondary N) is 1. The van der Waals surface area contributed by atoms with Crippen LogP contribution in [-0.2, 0) is 17.8 Å². The van der Waals surface area contributed by atoms with Gasteiger partial charge in [0.05, 0.1) is 11.4 Å². The van der Waals surface area contributed by atoms with E-state index < -0.39 is 0 Å². The highest BCUT2D eigenvalue weighted by atomic mass is 35.5. The van der Waals surface area contributed by atoms with Crippen LogP contribution in [-0.4, -0.2) is 11.0 Å². The minimum Gasteiger partial charge on any atom is -0.506 e. The molecule has 104 valence electrons. The maximum Gasteiger partial charge on any atom is 0.221 e. The topological polar surface area (TPSA) is 75.4 Å². The Bertz CT molecular complexity index is 629. The molecule has 0 radical (unpaired) electrons. The lowest BCUT2D eigenvalue weighted by Crippen LogP contribution is -2.15. The standard InChI is InChI=1S/C15H15ClN2O2/c16-12-6-3-5-11(15(12)20)9-18-13-7-2-1-4-10(13)8-14(17)19/h1-7,18,20H,8-9H2,(H2,17,19). The van der Waals surface area contributed by atoms with Crippen LogP contribution in [0.3, 0.4) is 0 Å². The Morgan fingerprint density at radius 1 is 1.15 bits per heavy atom. The molecule has 2 aromatic carbocycles. The number of amides is 1. The zero-order chi connectivity index (χ0) is 14.5. The van der Waals surface area contributed by atoms with E-state index >= 15 is 0 Å². The molecule has 0 aromatic heterocycles. The summed E-state index contributed by atoms with van der Waals surface area (Å²) >= 11 is 5.86. The van der Waals surface area contributed by atoms with Crippen LogP contribution >= 0.6 is 11.6 Å². The first-order valence-corrected chi connectivity index (χ1v) is 6.52. The Morgan fingerprint density at radius 3 is 2.60 bits per heavy atom. The van der Waals surface area contributed by atoms with Gasteiger partial charge in [-0.05, 0) is 17.7 Å². The number of phenolic OH excluding ortho intramolecular Hbond substituents is 1. The molecule has 0 aliphatic heterocycles. The van der Waals surface area contributed by atoms with Crippen molar-refractivity contribution in [1.29, 1.82) is 0 Å². The van der Waals surface area contributed by atoms with Crippen molar-refractivity contribution in [3.8, 4) is 5.75 Å². The van der Waals surface area contributed by atoms with Crippen LogP contribution in [0.5, 0.6) is 5.75 Å². The molecule has 0 saturated carbocycles. The average molecular weight is 291 g/mol. The van der Waals surface area contributed by atoms with E-state index in [9.17, 15) is 9.90 Å². The van der Waals surface area contributed by atoms with Crippen molar-refractivity contribution in [1.82, 2.24) is 0 Å². The first-order valence-electron chi connectivity index (χ1n) is 6.14. The average Bonchev–Trinajstić information content (AvgIpc) is 2.41. The Hall–Kier alpha value is -2.20. The van der Waals surface area contributed by atoms with Crippen LogP contribution in [0.4, 0.5) is 5.69 Å². The molecule has 4 N–H and O–H groups in total. The number of halogens is 1. The van der Waals surface area contributed by atoms with Gasteiger partial charge < -0.3 is 16.2 Å². The number of phenols is 1. The van der Waals surface area contributed by atoms with Gasteiger partial charge in [-0.1, -0.05) is 41.9 Å². The molecule has 0 heterocycles. The van der Waals surface area contributed by atoms with Gasteiger partial charge in [-0.3, -0.25) is 4.79 Å². The van der Waals surface area contributed by atoms with E-state index in [1.807, 2.05) is 24.3 Å². The molecule has 0 bridgehead atoms. The van der Waals surface area contributed by atoms with Gasteiger partial charge in [-0.25, -0.2) is 0 Å². The minimum absolute atomic E-state index is 0.0639. The third-order valence-electron chi connectivity index (χ3n) is 2.92. The summed E-state index contributed by atoms with van der Waals surface area (Å²) in [5, 5.41) is 13.3. The highest BCUT2D eigenvalue weighted by Crippen LogP contribution is 2.27. The summed E-state index contributed by atoms with van der Waals surface area (Å²) < 4.78 is 0. The number of primary amides is 1. The highest BCUT2D eigenvalue weighted by molar-refractivity contribution is 6.32. The predicted molar refractivity (Wildman–Crippen MR) is 79.8 cm³/mol. The maximum atomic E-state index is 11.0. The number of hydrogen-bond acceptors (Lipinski definition) is 3. The monoisotopic (exact) mass is 290 g/mol. The van der Waals surface area contributed by atoms with E-state index in [1.165, 1.54) is 0 Å². The fourth-order valence-corrected chi connectivity index (χ4v) is 2.12. The van der Waals surface area contributed by atoms with Gasteiger partial charge in [0.1, 0.15) is 5.75 Å². The molecule has 2 aromatic rings. The molecule has 0 unspecified atom stereocenters. The quantitative estimate of drug-likeness (QED) is 0.792. The molecule has 0 aliphatic rings. The minimum atomic E-state index is -0.384. The van der Waals surface area contributed by atoms with Crippen molar-refractivity contribution >= 4 is 23.2 Å². The molecule has 0 aliphatic carbocycles. The van der Waals surface area contributed by atoms with Crippen LogP contribution in [0.15, 0.2) is 42.5 Å². The van der Waals surface area contributed by atoms with Gasteiger partial charge in [-0.15, -0.1) is 0 Å². The molecule has 5 heteroatoms. The first kappa shape index (κ1) is 14.2. The summed E-state index contributed by atoms with van der Waals surface area (Å²) in [5.74, 6) is -0.320. The molecular weight excluding hydrogens is 276 g/mol. The largest absolute Gasteiger partial charge is 0.506 e. The lowest BCUT2D eigenvalue weighted by atomic mass is 10.1. The number of aromatic hydroxyl groups is 1. The summed E-state index contributed by atoms with van der Waals surface area (Å²) in [5.41, 5.74) is 7.54. The number of rotatable bonds is 5. The highest BCUT2D eigenvalue weighted by Gasteiger charge is 2.07. The lowest BCUT2D eigenvalue weighted by molar-refractivity contribution is -0.117. The number of anilines is 1. The molecule has 2 rings (SSSR count). The molecule has 1 amide bonds. The van der Waals surface area contributed by atoms with Crippen molar-refractivity contribution in [2.75, 3.05) is 5.32 Å². The van der Waals surface area contributed by atoms with Crippen LogP contribution in [0, 0.1) is 0 Å². The van der Waals surface area contributed by atoms with E-state index in [0.29, 0.717) is 17.1 Å². The first-order chi connectivity index (χ1) is 9.58. The predicted octanol–water partition coefficient (Wildman–Crippen LogP) is 2.69. The number of hydrogen-bond donors (Lipinski definition) is 3. The van der Waals surface area contributed by atoms with E-state index in [1.54, 1.807) is 18.2 Å². The van der Waals surface area contributed by atoms with Crippen LogP contribution in [0.1, 0.15) is 11.1 Å². The Kier molecular flexibility index (Phi) is 4.48. The summed E-state index contributed by atoms with van der Waals surface area (Å²) in [6, 6.07) is 12.6. The number of benzene rings is 2. The number of carbonyl (C=O) groups excluding carboxylic acids is 1. The van der Waals surface area contributed by atoms with Crippen molar-refractivity contribution in [3.63, 3.8) is 0 Å². The molecule has 0 spiro atoms. The van der Waals surface area contributed by atoms with Crippen LogP contribution in [0.2, 0.25) is 5.02 Å². The van der Waals surface area contributed by atoms with Crippen LogP contribution in [0.25, 0.3) is 0 Å². The van der Waals surface area contributed by atoms with Gasteiger partial charge in [0.15, 0.2) is 0 Å². The molecule has 4 nitrogen and oxygen atoms in total. The molecular formula is C15H15ClN2O2. The Balaban J connectivity index is 2.15. The zero-order valence-electron chi connectivity index (χ0n) is 10.8. The molecule has 0 fully saturated rings. The van der Waals surface area contributed by atoms with Crippen molar-refractivity contribution in [2.24, 2.45) is 5.73 Å². The summed E-state index contributed by atoms with van der Waals surface area (Å²) in [6.07, 6.45) is 0.171. The second-order valence-corrected chi connectivity index (χ2v) is 4.81. The second kappa shape index (κ2) is 6.30. The summed E-state index contributed by atoms with van der Waals surface area (Å²) in [6.45, 7) is 0.405. The fourth-order valence-electron chi connectivity index (χ4n) is 1.93. The van der Waals surface area contributed by atoms with E-state index in [4.69, 9.17) is 17.3 Å².